The minimum Gasteiger partial charge on any atom is -0.394 e. The van der Waals surface area contributed by atoms with Gasteiger partial charge in [0.05, 0.1) is 18.1 Å². The van der Waals surface area contributed by atoms with Crippen LogP contribution in [0.25, 0.3) is 0 Å². The number of sulfonamides is 1. The lowest BCUT2D eigenvalue weighted by Gasteiger charge is -2.19. The number of benzene rings is 1. The minimum atomic E-state index is -3.47. The first-order valence-corrected chi connectivity index (χ1v) is 8.54. The van der Waals surface area contributed by atoms with Crippen LogP contribution in [0.3, 0.4) is 0 Å². The zero-order valence-electron chi connectivity index (χ0n) is 12.9. The Hall–Kier alpha value is -0.950. The summed E-state index contributed by atoms with van der Waals surface area (Å²) >= 11 is 0. The number of rotatable bonds is 8. The summed E-state index contributed by atoms with van der Waals surface area (Å²) in [7, 11) is -3.47. The summed E-state index contributed by atoms with van der Waals surface area (Å²) in [5.41, 5.74) is 1.10. The summed E-state index contributed by atoms with van der Waals surface area (Å²) in [5, 5.41) is 8.54. The highest BCUT2D eigenvalue weighted by molar-refractivity contribution is 7.89. The van der Waals surface area contributed by atoms with Gasteiger partial charge in [-0.1, -0.05) is 32.9 Å². The van der Waals surface area contributed by atoms with Crippen molar-refractivity contribution in [3.63, 3.8) is 0 Å². The van der Waals surface area contributed by atoms with E-state index in [-0.39, 0.29) is 23.5 Å². The van der Waals surface area contributed by atoms with E-state index in [0.29, 0.717) is 19.6 Å². The number of hydrogen-bond donors (Lipinski definition) is 2. The Morgan fingerprint density at radius 2 is 1.76 bits per heavy atom. The number of ether oxygens (including phenoxy) is 1. The van der Waals surface area contributed by atoms with Gasteiger partial charge in [0.2, 0.25) is 10.0 Å². The Labute approximate surface area is 127 Å². The van der Waals surface area contributed by atoms with Crippen LogP contribution in [0.4, 0.5) is 0 Å². The molecule has 0 aromatic heterocycles. The zero-order valence-corrected chi connectivity index (χ0v) is 13.7. The lowest BCUT2D eigenvalue weighted by Crippen LogP contribution is -2.25. The van der Waals surface area contributed by atoms with Crippen molar-refractivity contribution < 1.29 is 18.3 Å². The molecule has 120 valence electrons. The molecule has 0 aliphatic rings. The normalized spacial score (nSPS) is 12.6. The third-order valence-electron chi connectivity index (χ3n) is 3.02. The fourth-order valence-electron chi connectivity index (χ4n) is 1.76. The molecule has 6 heteroatoms. The molecule has 0 amide bonds. The van der Waals surface area contributed by atoms with E-state index in [1.807, 2.05) is 12.1 Å². The van der Waals surface area contributed by atoms with E-state index < -0.39 is 10.0 Å². The summed E-state index contributed by atoms with van der Waals surface area (Å²) in [4.78, 5) is 0.270. The van der Waals surface area contributed by atoms with Crippen molar-refractivity contribution in [2.75, 3.05) is 26.4 Å². The molecule has 0 fully saturated rings. The molecule has 0 atom stereocenters. The number of aliphatic hydroxyl groups is 1. The van der Waals surface area contributed by atoms with Crippen molar-refractivity contribution in [3.05, 3.63) is 29.8 Å². The molecule has 0 saturated heterocycles. The number of hydrogen-bond acceptors (Lipinski definition) is 4. The van der Waals surface area contributed by atoms with E-state index in [9.17, 15) is 8.42 Å². The predicted molar refractivity (Wildman–Crippen MR) is 82.9 cm³/mol. The van der Waals surface area contributed by atoms with Crippen LogP contribution in [0.2, 0.25) is 0 Å². The van der Waals surface area contributed by atoms with Crippen molar-refractivity contribution in [1.82, 2.24) is 4.72 Å². The first-order valence-electron chi connectivity index (χ1n) is 7.06. The van der Waals surface area contributed by atoms with Crippen LogP contribution in [0.15, 0.2) is 29.2 Å². The van der Waals surface area contributed by atoms with Crippen molar-refractivity contribution in [2.24, 2.45) is 0 Å². The van der Waals surface area contributed by atoms with Gasteiger partial charge in [-0.25, -0.2) is 13.1 Å². The fraction of sp³-hybridized carbons (Fsp3) is 0.600. The smallest absolute Gasteiger partial charge is 0.240 e. The lowest BCUT2D eigenvalue weighted by atomic mass is 9.87. The highest BCUT2D eigenvalue weighted by Gasteiger charge is 2.17. The fourth-order valence-corrected chi connectivity index (χ4v) is 2.84. The molecule has 21 heavy (non-hydrogen) atoms. The molecule has 1 aromatic carbocycles. The third kappa shape index (κ3) is 6.13. The Kier molecular flexibility index (Phi) is 6.80. The van der Waals surface area contributed by atoms with Crippen molar-refractivity contribution >= 4 is 10.0 Å². The standard InChI is InChI=1S/C15H25NO4S/c1-15(2,3)13-5-7-14(8-6-13)21(18,19)16-9-4-11-20-12-10-17/h5-8,16-17H,4,9-12H2,1-3H3. The second-order valence-electron chi connectivity index (χ2n) is 5.86. The molecule has 1 aromatic rings. The molecular weight excluding hydrogens is 290 g/mol. The van der Waals surface area contributed by atoms with Gasteiger partial charge >= 0.3 is 0 Å². The molecule has 0 aliphatic heterocycles. The van der Waals surface area contributed by atoms with Gasteiger partial charge in [0.25, 0.3) is 0 Å². The van der Waals surface area contributed by atoms with Crippen LogP contribution in [-0.4, -0.2) is 39.9 Å². The molecular formula is C15H25NO4S. The van der Waals surface area contributed by atoms with Gasteiger partial charge in [0.15, 0.2) is 0 Å². The molecule has 1 rings (SSSR count). The van der Waals surface area contributed by atoms with Crippen LogP contribution in [0.5, 0.6) is 0 Å². The van der Waals surface area contributed by atoms with E-state index in [0.717, 1.165) is 5.56 Å². The van der Waals surface area contributed by atoms with Gasteiger partial charge < -0.3 is 9.84 Å². The van der Waals surface area contributed by atoms with Crippen LogP contribution >= 0.6 is 0 Å². The molecule has 0 spiro atoms. The topological polar surface area (TPSA) is 75.6 Å². The Morgan fingerprint density at radius 3 is 2.29 bits per heavy atom. The summed E-state index contributed by atoms with van der Waals surface area (Å²) in [6.07, 6.45) is 0.569. The molecule has 0 radical (unpaired) electrons. The van der Waals surface area contributed by atoms with Gasteiger partial charge in [0, 0.05) is 13.2 Å². The van der Waals surface area contributed by atoms with Crippen molar-refractivity contribution in [3.8, 4) is 0 Å². The SMILES string of the molecule is CC(C)(C)c1ccc(S(=O)(=O)NCCCOCCO)cc1. The summed E-state index contributed by atoms with van der Waals surface area (Å²) in [6, 6.07) is 6.95. The van der Waals surface area contributed by atoms with Gasteiger partial charge in [-0.3, -0.25) is 0 Å². The molecule has 0 saturated carbocycles. The maximum Gasteiger partial charge on any atom is 0.240 e. The summed E-state index contributed by atoms with van der Waals surface area (Å²) in [6.45, 7) is 7.25. The number of aliphatic hydroxyl groups excluding tert-OH is 1. The highest BCUT2D eigenvalue weighted by Crippen LogP contribution is 2.23. The molecule has 0 aliphatic carbocycles. The summed E-state index contributed by atoms with van der Waals surface area (Å²) in [5.74, 6) is 0. The molecule has 0 unspecified atom stereocenters. The van der Waals surface area contributed by atoms with Crippen LogP contribution in [0, 0.1) is 0 Å². The molecule has 2 N–H and O–H groups in total. The second kappa shape index (κ2) is 7.89. The Balaban J connectivity index is 2.54. The Morgan fingerprint density at radius 1 is 1.14 bits per heavy atom. The Bertz CT molecular complexity index is 518. The van der Waals surface area contributed by atoms with Crippen LogP contribution in [0.1, 0.15) is 32.8 Å². The average Bonchev–Trinajstić information content (AvgIpc) is 2.42. The number of nitrogens with one attached hydrogen (secondary N) is 1. The molecule has 5 nitrogen and oxygen atoms in total. The van der Waals surface area contributed by atoms with Gasteiger partial charge in [-0.05, 0) is 29.5 Å². The largest absolute Gasteiger partial charge is 0.394 e. The molecule has 0 bridgehead atoms. The monoisotopic (exact) mass is 315 g/mol. The summed E-state index contributed by atoms with van der Waals surface area (Å²) < 4.78 is 31.8. The van der Waals surface area contributed by atoms with Gasteiger partial charge in [-0.15, -0.1) is 0 Å². The predicted octanol–water partition coefficient (Wildman–Crippen LogP) is 1.66. The van der Waals surface area contributed by atoms with Gasteiger partial charge in [-0.2, -0.15) is 0 Å². The third-order valence-corrected chi connectivity index (χ3v) is 4.50. The second-order valence-corrected chi connectivity index (χ2v) is 7.63. The van der Waals surface area contributed by atoms with E-state index in [2.05, 4.69) is 25.5 Å². The first-order chi connectivity index (χ1) is 9.77. The van der Waals surface area contributed by atoms with E-state index in [1.54, 1.807) is 12.1 Å². The van der Waals surface area contributed by atoms with E-state index in [1.165, 1.54) is 0 Å². The minimum absolute atomic E-state index is 0.000233. The van der Waals surface area contributed by atoms with Gasteiger partial charge in [0.1, 0.15) is 0 Å². The van der Waals surface area contributed by atoms with Crippen LogP contribution in [-0.2, 0) is 20.2 Å². The van der Waals surface area contributed by atoms with Crippen LogP contribution < -0.4 is 4.72 Å². The quantitative estimate of drug-likeness (QED) is 0.715. The van der Waals surface area contributed by atoms with E-state index in [4.69, 9.17) is 9.84 Å². The zero-order chi connectivity index (χ0) is 15.9. The van der Waals surface area contributed by atoms with Crippen molar-refractivity contribution in [2.45, 2.75) is 37.5 Å². The lowest BCUT2D eigenvalue weighted by molar-refractivity contribution is 0.0913. The van der Waals surface area contributed by atoms with E-state index >= 15 is 0 Å². The first kappa shape index (κ1) is 18.1. The van der Waals surface area contributed by atoms with Crippen molar-refractivity contribution in [1.29, 1.82) is 0 Å². The maximum atomic E-state index is 12.1. The molecule has 0 heterocycles. The average molecular weight is 315 g/mol. The maximum absolute atomic E-state index is 12.1. The highest BCUT2D eigenvalue weighted by atomic mass is 32.2.